The highest BCUT2D eigenvalue weighted by Gasteiger charge is 2.32. The molecule has 1 aromatic heterocycles. The van der Waals surface area contributed by atoms with Crippen molar-refractivity contribution in [2.24, 2.45) is 0 Å². The van der Waals surface area contributed by atoms with Crippen LogP contribution in [0.15, 0.2) is 37.4 Å². The number of hydrogen-bond acceptors (Lipinski definition) is 8. The molecule has 1 atom stereocenters. The topological polar surface area (TPSA) is 130 Å². The van der Waals surface area contributed by atoms with E-state index in [0.717, 1.165) is 6.07 Å². The number of aryl methyl sites for hydroxylation is 1. The number of piperazine rings is 1. The summed E-state index contributed by atoms with van der Waals surface area (Å²) >= 11 is 0. The van der Waals surface area contributed by atoms with E-state index in [2.05, 4.69) is 0 Å². The Morgan fingerprint density at radius 2 is 1.88 bits per heavy atom. The molecule has 1 aromatic carbocycles. The highest BCUT2D eigenvalue weighted by Crippen LogP contribution is 2.37. The number of rotatable bonds is 5. The molecule has 1 saturated heterocycles. The Balaban J connectivity index is 1.45. The zero-order valence-electron chi connectivity index (χ0n) is 18.6. The van der Waals surface area contributed by atoms with Gasteiger partial charge in [-0.05, 0) is 31.0 Å². The van der Waals surface area contributed by atoms with Crippen molar-refractivity contribution in [3.05, 3.63) is 62.9 Å². The summed E-state index contributed by atoms with van der Waals surface area (Å²) in [5, 5.41) is 9.31. The number of hydrogen-bond donors (Lipinski definition) is 1. The minimum atomic E-state index is -1.33. The second-order valence-corrected chi connectivity index (χ2v) is 8.08. The SMILES string of the molecule is CCC1C=C(C(=O)O)C(=O)c2cc(F)c(N3CCN(C(=O)OCc4oc(=O)oc4C)CC3)cc21. The molecule has 0 spiro atoms. The first-order valence-corrected chi connectivity index (χ1v) is 10.8. The van der Waals surface area contributed by atoms with E-state index in [1.165, 1.54) is 17.9 Å². The van der Waals surface area contributed by atoms with Gasteiger partial charge in [0.15, 0.2) is 23.9 Å². The smallest absolute Gasteiger partial charge is 0.478 e. The molecule has 2 aromatic rings. The van der Waals surface area contributed by atoms with Crippen LogP contribution in [0.1, 0.15) is 46.7 Å². The number of anilines is 1. The molecule has 4 rings (SSSR count). The predicted molar refractivity (Wildman–Crippen MR) is 115 cm³/mol. The Morgan fingerprint density at radius 3 is 2.47 bits per heavy atom. The van der Waals surface area contributed by atoms with Crippen molar-refractivity contribution >= 4 is 23.5 Å². The number of amides is 1. The van der Waals surface area contributed by atoms with Crippen molar-refractivity contribution in [2.45, 2.75) is 32.8 Å². The van der Waals surface area contributed by atoms with Crippen LogP contribution in [-0.4, -0.2) is 54.0 Å². The summed E-state index contributed by atoms with van der Waals surface area (Å²) in [7, 11) is 0. The van der Waals surface area contributed by atoms with Gasteiger partial charge in [0, 0.05) is 37.7 Å². The molecular weight excluding hydrogens is 451 g/mol. The minimum Gasteiger partial charge on any atom is -0.478 e. The average Bonchev–Trinajstić information content (AvgIpc) is 3.14. The number of ketones is 1. The van der Waals surface area contributed by atoms with Gasteiger partial charge in [-0.25, -0.2) is 18.8 Å². The van der Waals surface area contributed by atoms with Crippen LogP contribution in [0, 0.1) is 12.7 Å². The van der Waals surface area contributed by atoms with Crippen molar-refractivity contribution in [1.29, 1.82) is 0 Å². The van der Waals surface area contributed by atoms with Gasteiger partial charge in [0.2, 0.25) is 0 Å². The molecule has 2 heterocycles. The number of carbonyl (C=O) groups excluding carboxylic acids is 2. The Hall–Kier alpha value is -3.89. The molecule has 1 aliphatic heterocycles. The van der Waals surface area contributed by atoms with Crippen LogP contribution >= 0.6 is 0 Å². The van der Waals surface area contributed by atoms with E-state index in [0.29, 0.717) is 30.8 Å². The number of carbonyl (C=O) groups is 3. The number of nitrogens with zero attached hydrogens (tertiary/aromatic N) is 2. The van der Waals surface area contributed by atoms with Crippen molar-refractivity contribution in [2.75, 3.05) is 31.1 Å². The quantitative estimate of drug-likeness (QED) is 0.650. The highest BCUT2D eigenvalue weighted by molar-refractivity contribution is 6.25. The van der Waals surface area contributed by atoms with Gasteiger partial charge in [-0.15, -0.1) is 0 Å². The van der Waals surface area contributed by atoms with Crippen LogP contribution in [0.4, 0.5) is 14.9 Å². The molecule has 0 bridgehead atoms. The van der Waals surface area contributed by atoms with Gasteiger partial charge in [-0.1, -0.05) is 13.0 Å². The van der Waals surface area contributed by atoms with Gasteiger partial charge in [-0.3, -0.25) is 4.79 Å². The number of ether oxygens (including phenoxy) is 1. The van der Waals surface area contributed by atoms with Gasteiger partial charge >= 0.3 is 17.9 Å². The lowest BCUT2D eigenvalue weighted by Gasteiger charge is -2.36. The molecule has 0 radical (unpaired) electrons. The van der Waals surface area contributed by atoms with E-state index in [1.807, 2.05) is 6.92 Å². The maximum Gasteiger partial charge on any atom is 0.519 e. The Labute approximate surface area is 193 Å². The molecule has 1 amide bonds. The monoisotopic (exact) mass is 474 g/mol. The third-order valence-electron chi connectivity index (χ3n) is 6.09. The third kappa shape index (κ3) is 4.33. The van der Waals surface area contributed by atoms with Crippen LogP contribution in [0.2, 0.25) is 0 Å². The van der Waals surface area contributed by atoms with Crippen molar-refractivity contribution in [3.8, 4) is 0 Å². The lowest BCUT2D eigenvalue weighted by atomic mass is 9.81. The maximum atomic E-state index is 15.0. The number of aliphatic carboxylic acids is 1. The summed E-state index contributed by atoms with van der Waals surface area (Å²) < 4.78 is 29.7. The maximum absolute atomic E-state index is 15.0. The fourth-order valence-corrected chi connectivity index (χ4v) is 4.20. The molecule has 0 saturated carbocycles. The molecule has 10 nitrogen and oxygen atoms in total. The summed E-state index contributed by atoms with van der Waals surface area (Å²) in [4.78, 5) is 50.6. The average molecular weight is 474 g/mol. The summed E-state index contributed by atoms with van der Waals surface area (Å²) in [5.41, 5.74) is 0.605. The number of allylic oxidation sites excluding steroid dienone is 1. The molecule has 11 heteroatoms. The van der Waals surface area contributed by atoms with Crippen LogP contribution in [-0.2, 0) is 16.1 Å². The number of Topliss-reactive ketones (excluding diaryl/α,β-unsaturated/α-hetero) is 1. The van der Waals surface area contributed by atoms with Gasteiger partial charge in [0.05, 0.1) is 5.69 Å². The molecule has 1 fully saturated rings. The Kier molecular flexibility index (Phi) is 6.27. The summed E-state index contributed by atoms with van der Waals surface area (Å²) in [6.45, 7) is 4.33. The molecule has 34 heavy (non-hydrogen) atoms. The molecule has 180 valence electrons. The normalized spacial score (nSPS) is 17.9. The van der Waals surface area contributed by atoms with Crippen LogP contribution in [0.25, 0.3) is 0 Å². The second-order valence-electron chi connectivity index (χ2n) is 8.08. The highest BCUT2D eigenvalue weighted by atomic mass is 19.1. The number of fused-ring (bicyclic) bond motifs is 1. The van der Waals surface area contributed by atoms with E-state index in [-0.39, 0.29) is 48.3 Å². The van der Waals surface area contributed by atoms with E-state index in [4.69, 9.17) is 13.6 Å². The molecule has 1 unspecified atom stereocenters. The third-order valence-corrected chi connectivity index (χ3v) is 6.09. The van der Waals surface area contributed by atoms with E-state index < -0.39 is 29.5 Å². The summed E-state index contributed by atoms with van der Waals surface area (Å²) in [6, 6.07) is 2.71. The zero-order valence-corrected chi connectivity index (χ0v) is 18.6. The molecule has 2 aliphatic rings. The Morgan fingerprint density at radius 1 is 1.18 bits per heavy atom. The van der Waals surface area contributed by atoms with E-state index in [1.54, 1.807) is 11.0 Å². The van der Waals surface area contributed by atoms with Crippen LogP contribution in [0.3, 0.4) is 0 Å². The number of carboxylic acid groups (broad SMARTS) is 1. The van der Waals surface area contributed by atoms with Gasteiger partial charge in [0.1, 0.15) is 11.4 Å². The molecule has 1 aliphatic carbocycles. The lowest BCUT2D eigenvalue weighted by molar-refractivity contribution is -0.132. The fraction of sp³-hybridized carbons (Fsp3) is 0.391. The molecule has 1 N–H and O–H groups in total. The summed E-state index contributed by atoms with van der Waals surface area (Å²) in [6.07, 6.45) is 1.38. The van der Waals surface area contributed by atoms with Crippen molar-refractivity contribution < 1.29 is 37.5 Å². The summed E-state index contributed by atoms with van der Waals surface area (Å²) in [5.74, 6) is -3.48. The zero-order chi connectivity index (χ0) is 24.6. The predicted octanol–water partition coefficient (Wildman–Crippen LogP) is 2.84. The van der Waals surface area contributed by atoms with E-state index in [9.17, 15) is 28.7 Å². The van der Waals surface area contributed by atoms with Gasteiger partial charge in [0.25, 0.3) is 0 Å². The van der Waals surface area contributed by atoms with Crippen LogP contribution in [0.5, 0.6) is 0 Å². The number of carboxylic acids is 1. The first kappa shape index (κ1) is 23.3. The standard InChI is InChI=1S/C23H23FN2O8/c1-3-13-8-16(21(28)29)20(27)15-9-17(24)18(10-14(13)15)25-4-6-26(7-5-25)22(30)32-11-19-12(2)33-23(31)34-19/h8-10,13H,3-7,11H2,1-2H3,(H,28,29). The first-order chi connectivity index (χ1) is 16.2. The lowest BCUT2D eigenvalue weighted by Crippen LogP contribution is -2.49. The van der Waals surface area contributed by atoms with Crippen molar-refractivity contribution in [1.82, 2.24) is 4.90 Å². The minimum absolute atomic E-state index is 0.0661. The fourth-order valence-electron chi connectivity index (χ4n) is 4.20. The largest absolute Gasteiger partial charge is 0.519 e. The molecular formula is C23H23FN2O8. The van der Waals surface area contributed by atoms with Gasteiger partial charge < -0.3 is 28.5 Å². The Bertz CT molecular complexity index is 1240. The van der Waals surface area contributed by atoms with E-state index >= 15 is 0 Å². The number of benzene rings is 1. The second kappa shape index (κ2) is 9.16. The van der Waals surface area contributed by atoms with Crippen LogP contribution < -0.4 is 10.7 Å². The van der Waals surface area contributed by atoms with Gasteiger partial charge in [-0.2, -0.15) is 0 Å². The van der Waals surface area contributed by atoms with Crippen molar-refractivity contribution in [3.63, 3.8) is 0 Å². The first-order valence-electron chi connectivity index (χ1n) is 10.8. The number of halogens is 1.